The van der Waals surface area contributed by atoms with E-state index in [2.05, 4.69) is 5.32 Å². The third-order valence-corrected chi connectivity index (χ3v) is 3.86. The Labute approximate surface area is 104 Å². The Balaban J connectivity index is 2.15. The highest BCUT2D eigenvalue weighted by Gasteiger charge is 2.26. The van der Waals surface area contributed by atoms with Crippen LogP contribution in [0.2, 0.25) is 0 Å². The van der Waals surface area contributed by atoms with E-state index in [9.17, 15) is 4.79 Å². The number of ether oxygens (including phenoxy) is 1. The lowest BCUT2D eigenvalue weighted by Gasteiger charge is -2.18. The molecule has 1 fully saturated rings. The van der Waals surface area contributed by atoms with Crippen LogP contribution in [0, 0.1) is 11.8 Å². The van der Waals surface area contributed by atoms with Gasteiger partial charge in [-0.1, -0.05) is 6.42 Å². The van der Waals surface area contributed by atoms with Gasteiger partial charge in [0, 0.05) is 20.1 Å². The zero-order valence-corrected chi connectivity index (χ0v) is 11.1. The topological polar surface area (TPSA) is 64.3 Å². The first kappa shape index (κ1) is 14.5. The van der Waals surface area contributed by atoms with Crippen LogP contribution in [0.5, 0.6) is 0 Å². The number of methoxy groups -OCH3 is 1. The molecule has 0 spiro atoms. The number of nitrogens with one attached hydrogen (secondary N) is 1. The summed E-state index contributed by atoms with van der Waals surface area (Å²) in [4.78, 5) is 11.6. The number of rotatable bonds is 7. The quantitative estimate of drug-likeness (QED) is 0.707. The van der Waals surface area contributed by atoms with Gasteiger partial charge in [-0.25, -0.2) is 0 Å². The van der Waals surface area contributed by atoms with Crippen molar-refractivity contribution in [3.05, 3.63) is 0 Å². The second-order valence-electron chi connectivity index (χ2n) is 5.08. The SMILES string of the molecule is COC(C)CCC(=O)NCC1CCCC1CN. The van der Waals surface area contributed by atoms with Gasteiger partial charge < -0.3 is 15.8 Å². The van der Waals surface area contributed by atoms with E-state index in [0.29, 0.717) is 18.3 Å². The van der Waals surface area contributed by atoms with E-state index < -0.39 is 0 Å². The minimum atomic E-state index is 0.136. The molecule has 3 atom stereocenters. The highest BCUT2D eigenvalue weighted by atomic mass is 16.5. The van der Waals surface area contributed by atoms with Crippen molar-refractivity contribution in [1.29, 1.82) is 0 Å². The molecule has 4 heteroatoms. The van der Waals surface area contributed by atoms with Crippen molar-refractivity contribution in [1.82, 2.24) is 5.32 Å². The molecule has 0 aromatic carbocycles. The van der Waals surface area contributed by atoms with Crippen molar-refractivity contribution in [3.63, 3.8) is 0 Å². The average molecular weight is 242 g/mol. The summed E-state index contributed by atoms with van der Waals surface area (Å²) in [5.41, 5.74) is 5.72. The Morgan fingerprint density at radius 3 is 2.82 bits per heavy atom. The molecule has 0 aromatic rings. The van der Waals surface area contributed by atoms with Crippen molar-refractivity contribution >= 4 is 5.91 Å². The highest BCUT2D eigenvalue weighted by Crippen LogP contribution is 2.30. The Morgan fingerprint density at radius 2 is 2.18 bits per heavy atom. The lowest BCUT2D eigenvalue weighted by molar-refractivity contribution is -0.121. The minimum absolute atomic E-state index is 0.136. The first-order valence-electron chi connectivity index (χ1n) is 6.67. The molecule has 0 aromatic heterocycles. The van der Waals surface area contributed by atoms with Crippen LogP contribution in [-0.2, 0) is 9.53 Å². The van der Waals surface area contributed by atoms with Gasteiger partial charge in [-0.05, 0) is 44.6 Å². The first-order chi connectivity index (χ1) is 8.17. The average Bonchev–Trinajstić information content (AvgIpc) is 2.80. The van der Waals surface area contributed by atoms with Crippen molar-refractivity contribution in [3.8, 4) is 0 Å². The van der Waals surface area contributed by atoms with Gasteiger partial charge >= 0.3 is 0 Å². The van der Waals surface area contributed by atoms with Gasteiger partial charge in [-0.2, -0.15) is 0 Å². The fourth-order valence-electron chi connectivity index (χ4n) is 2.48. The maximum Gasteiger partial charge on any atom is 0.220 e. The molecule has 17 heavy (non-hydrogen) atoms. The Kier molecular flexibility index (Phi) is 6.52. The minimum Gasteiger partial charge on any atom is -0.382 e. The van der Waals surface area contributed by atoms with E-state index in [1.165, 1.54) is 19.3 Å². The van der Waals surface area contributed by atoms with Crippen molar-refractivity contribution in [2.45, 2.75) is 45.1 Å². The second kappa shape index (κ2) is 7.67. The number of hydrogen-bond donors (Lipinski definition) is 2. The highest BCUT2D eigenvalue weighted by molar-refractivity contribution is 5.75. The van der Waals surface area contributed by atoms with Crippen LogP contribution in [-0.4, -0.2) is 32.2 Å². The molecule has 0 bridgehead atoms. The van der Waals surface area contributed by atoms with E-state index in [4.69, 9.17) is 10.5 Å². The van der Waals surface area contributed by atoms with Crippen molar-refractivity contribution in [2.75, 3.05) is 20.2 Å². The second-order valence-corrected chi connectivity index (χ2v) is 5.08. The summed E-state index contributed by atoms with van der Waals surface area (Å²) in [6.07, 6.45) is 5.17. The smallest absolute Gasteiger partial charge is 0.220 e. The van der Waals surface area contributed by atoms with Gasteiger partial charge in [0.25, 0.3) is 0 Å². The molecule has 1 saturated carbocycles. The van der Waals surface area contributed by atoms with Crippen LogP contribution in [0.15, 0.2) is 0 Å². The van der Waals surface area contributed by atoms with Crippen LogP contribution in [0.4, 0.5) is 0 Å². The fourth-order valence-corrected chi connectivity index (χ4v) is 2.48. The molecule has 3 unspecified atom stereocenters. The molecule has 0 aliphatic heterocycles. The number of nitrogens with two attached hydrogens (primary N) is 1. The summed E-state index contributed by atoms with van der Waals surface area (Å²) < 4.78 is 5.12. The molecule has 0 heterocycles. The van der Waals surface area contributed by atoms with Gasteiger partial charge in [0.05, 0.1) is 6.10 Å². The standard InChI is InChI=1S/C13H26N2O2/c1-10(17-2)6-7-13(16)15-9-12-5-3-4-11(12)8-14/h10-12H,3-9,14H2,1-2H3,(H,15,16). The normalized spacial score (nSPS) is 25.8. The Morgan fingerprint density at radius 1 is 1.47 bits per heavy atom. The Hall–Kier alpha value is -0.610. The van der Waals surface area contributed by atoms with Crippen molar-refractivity contribution < 1.29 is 9.53 Å². The third kappa shape index (κ3) is 5.04. The zero-order chi connectivity index (χ0) is 12.7. The van der Waals surface area contributed by atoms with Crippen LogP contribution in [0.1, 0.15) is 39.0 Å². The lowest BCUT2D eigenvalue weighted by atomic mass is 9.96. The molecule has 1 amide bonds. The van der Waals surface area contributed by atoms with Crippen LogP contribution < -0.4 is 11.1 Å². The number of carbonyl (C=O) groups excluding carboxylic acids is 1. The molecular weight excluding hydrogens is 216 g/mol. The predicted molar refractivity (Wildman–Crippen MR) is 68.6 cm³/mol. The first-order valence-corrected chi connectivity index (χ1v) is 6.67. The molecule has 1 aliphatic carbocycles. The van der Waals surface area contributed by atoms with Crippen LogP contribution in [0.3, 0.4) is 0 Å². The fraction of sp³-hybridized carbons (Fsp3) is 0.923. The summed E-state index contributed by atoms with van der Waals surface area (Å²) in [7, 11) is 1.67. The molecule has 3 N–H and O–H groups in total. The van der Waals surface area contributed by atoms with E-state index >= 15 is 0 Å². The van der Waals surface area contributed by atoms with E-state index in [-0.39, 0.29) is 12.0 Å². The maximum atomic E-state index is 11.6. The van der Waals surface area contributed by atoms with Gasteiger partial charge in [0.1, 0.15) is 0 Å². The third-order valence-electron chi connectivity index (χ3n) is 3.86. The summed E-state index contributed by atoms with van der Waals surface area (Å²) in [6.45, 7) is 3.53. The van der Waals surface area contributed by atoms with Crippen LogP contribution in [0.25, 0.3) is 0 Å². The van der Waals surface area contributed by atoms with Crippen LogP contribution >= 0.6 is 0 Å². The zero-order valence-electron chi connectivity index (χ0n) is 11.1. The largest absolute Gasteiger partial charge is 0.382 e. The van der Waals surface area contributed by atoms with Gasteiger partial charge in [-0.15, -0.1) is 0 Å². The molecule has 1 aliphatic rings. The van der Waals surface area contributed by atoms with E-state index in [1.54, 1.807) is 7.11 Å². The van der Waals surface area contributed by atoms with E-state index in [1.807, 2.05) is 6.92 Å². The number of amides is 1. The van der Waals surface area contributed by atoms with E-state index in [0.717, 1.165) is 19.5 Å². The molecule has 0 radical (unpaired) electrons. The molecule has 100 valence electrons. The summed E-state index contributed by atoms with van der Waals surface area (Å²) in [5, 5.41) is 3.02. The monoisotopic (exact) mass is 242 g/mol. The summed E-state index contributed by atoms with van der Waals surface area (Å²) in [5.74, 6) is 1.33. The predicted octanol–water partition coefficient (Wildman–Crippen LogP) is 1.29. The molecule has 0 saturated heterocycles. The van der Waals surface area contributed by atoms with Gasteiger partial charge in [-0.3, -0.25) is 4.79 Å². The van der Waals surface area contributed by atoms with Gasteiger partial charge in [0.2, 0.25) is 5.91 Å². The van der Waals surface area contributed by atoms with Gasteiger partial charge in [0.15, 0.2) is 0 Å². The molecule has 1 rings (SSSR count). The molecule has 4 nitrogen and oxygen atoms in total. The lowest BCUT2D eigenvalue weighted by Crippen LogP contribution is -2.33. The maximum absolute atomic E-state index is 11.6. The number of hydrogen-bond acceptors (Lipinski definition) is 3. The van der Waals surface area contributed by atoms with Crippen molar-refractivity contribution in [2.24, 2.45) is 17.6 Å². The summed E-state index contributed by atoms with van der Waals surface area (Å²) in [6, 6.07) is 0. The summed E-state index contributed by atoms with van der Waals surface area (Å²) >= 11 is 0. The molecular formula is C13H26N2O2. The number of carbonyl (C=O) groups is 1. The Bertz CT molecular complexity index is 233.